The quantitative estimate of drug-likeness (QED) is 0.535. The molecule has 0 radical (unpaired) electrons. The third kappa shape index (κ3) is 4.06. The Morgan fingerprint density at radius 3 is 2.57 bits per heavy atom. The molecule has 1 fully saturated rings. The molecule has 0 bridgehead atoms. The molecule has 2 aromatic rings. The summed E-state index contributed by atoms with van der Waals surface area (Å²) in [6, 6.07) is -2.31. The molecule has 4 N–H and O–H groups in total. The maximum atomic E-state index is 13.9. The van der Waals surface area contributed by atoms with Crippen LogP contribution in [0, 0.1) is 0 Å². The van der Waals surface area contributed by atoms with Crippen molar-refractivity contribution in [3.05, 3.63) is 6.33 Å². The van der Waals surface area contributed by atoms with E-state index in [9.17, 15) is 31.4 Å². The van der Waals surface area contributed by atoms with Gasteiger partial charge in [0.2, 0.25) is 5.95 Å². The molecule has 0 spiro atoms. The van der Waals surface area contributed by atoms with E-state index >= 15 is 0 Å². The lowest BCUT2D eigenvalue weighted by Gasteiger charge is -2.23. The van der Waals surface area contributed by atoms with Crippen LogP contribution in [0.5, 0.6) is 0 Å². The van der Waals surface area contributed by atoms with Gasteiger partial charge in [-0.25, -0.2) is 9.37 Å². The Hall–Kier alpha value is -2.35. The first-order valence-electron chi connectivity index (χ1n) is 8.23. The highest BCUT2D eigenvalue weighted by molar-refractivity contribution is 5.84. The fourth-order valence-electron chi connectivity index (χ4n) is 2.75. The number of imidazole rings is 1. The fraction of sp³-hybridized carbons (Fsp3) is 0.643. The van der Waals surface area contributed by atoms with Gasteiger partial charge in [-0.15, -0.1) is 0 Å². The van der Waals surface area contributed by atoms with Crippen LogP contribution in [0.25, 0.3) is 11.2 Å². The summed E-state index contributed by atoms with van der Waals surface area (Å²) < 4.78 is 78.6. The van der Waals surface area contributed by atoms with Crippen LogP contribution in [0.1, 0.15) is 13.5 Å². The Morgan fingerprint density at radius 1 is 1.29 bits per heavy atom. The van der Waals surface area contributed by atoms with Gasteiger partial charge in [-0.3, -0.25) is 4.57 Å². The van der Waals surface area contributed by atoms with Gasteiger partial charge in [0, 0.05) is 13.1 Å². The fourth-order valence-corrected chi connectivity index (χ4v) is 2.75. The molecule has 8 nitrogen and oxygen atoms in total. The molecule has 4 atom stereocenters. The van der Waals surface area contributed by atoms with Gasteiger partial charge >= 0.3 is 12.7 Å². The van der Waals surface area contributed by atoms with E-state index < -0.39 is 43.0 Å². The number of aliphatic hydroxyl groups excluding tert-OH is 1. The van der Waals surface area contributed by atoms with Gasteiger partial charge in [0.15, 0.2) is 23.1 Å². The van der Waals surface area contributed by atoms with Gasteiger partial charge in [-0.2, -0.15) is 31.9 Å². The topological polar surface area (TPSA) is 99.9 Å². The van der Waals surface area contributed by atoms with E-state index in [1.165, 1.54) is 0 Å². The van der Waals surface area contributed by atoms with Gasteiger partial charge in [-0.05, 0) is 6.92 Å². The lowest BCUT2D eigenvalue weighted by Crippen LogP contribution is -2.42. The van der Waals surface area contributed by atoms with Crippen molar-refractivity contribution in [2.24, 2.45) is 0 Å². The molecule has 3 rings (SSSR count). The number of hydrogen-bond acceptors (Lipinski definition) is 7. The maximum absolute atomic E-state index is 13.9. The number of halogens is 6. The Morgan fingerprint density at radius 2 is 2.00 bits per heavy atom. The van der Waals surface area contributed by atoms with Crippen molar-refractivity contribution in [1.82, 2.24) is 24.8 Å². The molecule has 28 heavy (non-hydrogen) atoms. The summed E-state index contributed by atoms with van der Waals surface area (Å²) in [5, 5.41) is 17.1. The van der Waals surface area contributed by atoms with E-state index in [0.29, 0.717) is 4.57 Å². The van der Waals surface area contributed by atoms with E-state index in [-0.39, 0.29) is 30.1 Å². The van der Waals surface area contributed by atoms with Crippen LogP contribution < -0.4 is 16.0 Å². The first-order chi connectivity index (χ1) is 13.1. The summed E-state index contributed by atoms with van der Waals surface area (Å²) in [5.41, 5.74) is -0.445. The number of nitrogens with one attached hydrogen (secondary N) is 3. The van der Waals surface area contributed by atoms with Gasteiger partial charge in [0.25, 0.3) is 0 Å². The van der Waals surface area contributed by atoms with E-state index in [0.717, 1.165) is 13.3 Å². The third-order valence-corrected chi connectivity index (χ3v) is 4.26. The van der Waals surface area contributed by atoms with Crippen molar-refractivity contribution >= 4 is 22.9 Å². The van der Waals surface area contributed by atoms with E-state index in [2.05, 4.69) is 30.9 Å². The summed E-state index contributed by atoms with van der Waals surface area (Å²) in [4.78, 5) is 11.5. The average Bonchev–Trinajstić information content (AvgIpc) is 3.20. The minimum absolute atomic E-state index is 0.0806. The molecule has 1 aliphatic rings. The molecular formula is C14H17F6N7O. The highest BCUT2D eigenvalue weighted by Gasteiger charge is 2.42. The second-order valence-electron chi connectivity index (χ2n) is 6.34. The van der Waals surface area contributed by atoms with Crippen LogP contribution in [0.15, 0.2) is 6.33 Å². The molecule has 2 aromatic heterocycles. The monoisotopic (exact) mass is 413 g/mol. The number of aromatic nitrogens is 4. The maximum Gasteiger partial charge on any atom is 0.416 e. The predicted molar refractivity (Wildman–Crippen MR) is 86.9 cm³/mol. The highest BCUT2D eigenvalue weighted by atomic mass is 19.4. The molecule has 0 aromatic carbocycles. The molecule has 0 saturated carbocycles. The molecule has 0 aliphatic carbocycles. The third-order valence-electron chi connectivity index (χ3n) is 4.26. The number of fused-ring (bicyclic) bond motifs is 1. The van der Waals surface area contributed by atoms with Crippen molar-refractivity contribution in [3.8, 4) is 0 Å². The summed E-state index contributed by atoms with van der Waals surface area (Å²) in [7, 11) is 0. The zero-order chi connectivity index (χ0) is 20.6. The summed E-state index contributed by atoms with van der Waals surface area (Å²) in [6.45, 7) is -1.67. The highest BCUT2D eigenvalue weighted by Crippen LogP contribution is 2.28. The van der Waals surface area contributed by atoms with Gasteiger partial charge < -0.3 is 21.1 Å². The van der Waals surface area contributed by atoms with Crippen LogP contribution in [-0.2, 0) is 0 Å². The lowest BCUT2D eigenvalue weighted by atomic mass is 10.2. The Labute approximate surface area is 154 Å². The Balaban J connectivity index is 1.96. The first-order valence-corrected chi connectivity index (χ1v) is 8.23. The van der Waals surface area contributed by atoms with Gasteiger partial charge in [0.1, 0.15) is 12.5 Å². The number of anilines is 2. The average molecular weight is 413 g/mol. The first kappa shape index (κ1) is 20.4. The van der Waals surface area contributed by atoms with Gasteiger partial charge in [0.05, 0.1) is 12.1 Å². The van der Waals surface area contributed by atoms with Crippen molar-refractivity contribution in [2.75, 3.05) is 23.7 Å². The SMILES string of the molecule is C[C@H](Nc1nc(NC2CNCC2F)c2ncn(C(F)F)c2n1)[C@@H](O)C(F)(F)F. The van der Waals surface area contributed by atoms with E-state index in [4.69, 9.17) is 0 Å². The number of aliphatic hydroxyl groups is 1. The second-order valence-corrected chi connectivity index (χ2v) is 6.34. The van der Waals surface area contributed by atoms with Crippen LogP contribution in [0.2, 0.25) is 0 Å². The smallest absolute Gasteiger partial charge is 0.382 e. The predicted octanol–water partition coefficient (Wildman–Crippen LogP) is 1.67. The summed E-state index contributed by atoms with van der Waals surface area (Å²) in [6.07, 6.45) is -8.13. The second kappa shape index (κ2) is 7.58. The summed E-state index contributed by atoms with van der Waals surface area (Å²) in [5.74, 6) is -0.563. The number of hydrogen-bond donors (Lipinski definition) is 4. The van der Waals surface area contributed by atoms with Crippen LogP contribution in [0.3, 0.4) is 0 Å². The largest absolute Gasteiger partial charge is 0.416 e. The van der Waals surface area contributed by atoms with E-state index in [1.807, 2.05) is 0 Å². The lowest BCUT2D eigenvalue weighted by molar-refractivity contribution is -0.206. The van der Waals surface area contributed by atoms with Crippen LogP contribution in [0.4, 0.5) is 38.1 Å². The van der Waals surface area contributed by atoms with Crippen molar-refractivity contribution in [3.63, 3.8) is 0 Å². The Bertz CT molecular complexity index is 828. The van der Waals surface area contributed by atoms with Crippen molar-refractivity contribution in [1.29, 1.82) is 0 Å². The molecule has 0 amide bonds. The molecule has 1 aliphatic heterocycles. The van der Waals surface area contributed by atoms with Crippen LogP contribution >= 0.6 is 0 Å². The van der Waals surface area contributed by atoms with Crippen LogP contribution in [-0.4, -0.2) is 68.3 Å². The zero-order valence-electron chi connectivity index (χ0n) is 14.4. The van der Waals surface area contributed by atoms with Crippen molar-refractivity contribution in [2.45, 2.75) is 44.0 Å². The number of nitrogens with zero attached hydrogens (tertiary/aromatic N) is 4. The molecule has 2 unspecified atom stereocenters. The Kier molecular flexibility index (Phi) is 5.52. The minimum Gasteiger partial charge on any atom is -0.382 e. The number of rotatable bonds is 6. The van der Waals surface area contributed by atoms with Crippen molar-refractivity contribution < 1.29 is 31.4 Å². The molecule has 3 heterocycles. The molecule has 14 heteroatoms. The van der Waals surface area contributed by atoms with Gasteiger partial charge in [-0.1, -0.05) is 0 Å². The zero-order valence-corrected chi connectivity index (χ0v) is 14.4. The molecule has 156 valence electrons. The minimum atomic E-state index is -4.90. The normalized spacial score (nSPS) is 22.6. The number of alkyl halides is 6. The summed E-state index contributed by atoms with van der Waals surface area (Å²) >= 11 is 0. The molecular weight excluding hydrogens is 396 g/mol. The standard InChI is InChI=1S/C14H17F6N7O/c1-5(9(28)14(18,19)20)23-13-25-10(24-7-3-21-2-6(7)15)8-11(26-13)27(4-22-8)12(16)17/h4-7,9,12,21,28H,2-3H2,1H3,(H2,23,24,25,26)/t5-,6?,7?,9+/m0/s1. The molecule has 1 saturated heterocycles. The van der Waals surface area contributed by atoms with E-state index in [1.54, 1.807) is 0 Å².